The molecule has 4 rings (SSSR count). The monoisotopic (exact) mass is 420 g/mol. The van der Waals surface area contributed by atoms with Crippen molar-refractivity contribution in [3.8, 4) is 0 Å². The van der Waals surface area contributed by atoms with Crippen molar-refractivity contribution in [3.05, 3.63) is 105 Å². The van der Waals surface area contributed by atoms with E-state index in [2.05, 4.69) is 10.3 Å². The molecule has 2 aromatic carbocycles. The molecule has 1 unspecified atom stereocenters. The van der Waals surface area contributed by atoms with Crippen molar-refractivity contribution in [2.75, 3.05) is 5.32 Å². The summed E-state index contributed by atoms with van der Waals surface area (Å²) in [5, 5.41) is 14.4. The largest absolute Gasteiger partial charge is 0.376 e. The Labute approximate surface area is 173 Å². The minimum atomic E-state index is -1.23. The van der Waals surface area contributed by atoms with Gasteiger partial charge in [0.15, 0.2) is 0 Å². The van der Waals surface area contributed by atoms with Gasteiger partial charge in [0, 0.05) is 16.8 Å². The van der Waals surface area contributed by atoms with E-state index >= 15 is 0 Å². The third kappa shape index (κ3) is 3.96. The van der Waals surface area contributed by atoms with Crippen LogP contribution in [0.5, 0.6) is 0 Å². The fourth-order valence-electron chi connectivity index (χ4n) is 3.01. The Morgan fingerprint density at radius 1 is 1.03 bits per heavy atom. The van der Waals surface area contributed by atoms with Gasteiger partial charge in [-0.15, -0.1) is 0 Å². The van der Waals surface area contributed by atoms with Crippen LogP contribution in [0.3, 0.4) is 0 Å². The molecule has 0 spiro atoms. The van der Waals surface area contributed by atoms with Crippen molar-refractivity contribution >= 4 is 33.6 Å². The molecule has 0 radical (unpaired) electrons. The number of hydrogen-bond acceptors (Lipinski definition) is 6. The highest BCUT2D eigenvalue weighted by molar-refractivity contribution is 7.84. The van der Waals surface area contributed by atoms with Gasteiger partial charge in [0.1, 0.15) is 5.65 Å². The first-order chi connectivity index (χ1) is 14.5. The lowest BCUT2D eigenvalue weighted by atomic mass is 10.2. The molecule has 30 heavy (non-hydrogen) atoms. The maximum Gasteiger partial charge on any atom is 0.376 e. The zero-order valence-corrected chi connectivity index (χ0v) is 16.4. The number of benzene rings is 2. The average molecular weight is 420 g/mol. The van der Waals surface area contributed by atoms with Crippen molar-refractivity contribution < 1.29 is 9.13 Å². The zero-order valence-electron chi connectivity index (χ0n) is 15.6. The Bertz CT molecular complexity index is 1320. The molecule has 1 atom stereocenters. The lowest BCUT2D eigenvalue weighted by Crippen LogP contribution is -2.20. The van der Waals surface area contributed by atoms with Gasteiger partial charge in [-0.05, 0) is 42.0 Å². The number of nitrogens with zero attached hydrogens (tertiary/aromatic N) is 3. The average Bonchev–Trinajstić information content (AvgIpc) is 2.74. The first kappa shape index (κ1) is 19.5. The quantitative estimate of drug-likeness (QED) is 0.377. The van der Waals surface area contributed by atoms with Gasteiger partial charge in [-0.1, -0.05) is 36.4 Å². The number of aromatic nitrogens is 2. The zero-order chi connectivity index (χ0) is 21.1. The molecule has 9 heteroatoms. The van der Waals surface area contributed by atoms with E-state index in [9.17, 15) is 19.1 Å². The molecule has 0 aliphatic heterocycles. The molecule has 0 aliphatic rings. The normalized spacial score (nSPS) is 11.9. The van der Waals surface area contributed by atoms with Crippen LogP contribution in [0.4, 0.5) is 17.2 Å². The standard InChI is InChI=1S/C21H16N4O4S/c26-21-19(25(27)28)20(23-18-11-4-5-12-24(18)21)22-16-8-6-7-15(13-16)14-30(29)17-9-2-1-3-10-17/h1-13,22H,14H2. The summed E-state index contributed by atoms with van der Waals surface area (Å²) < 4.78 is 13.7. The van der Waals surface area contributed by atoms with Gasteiger partial charge in [-0.2, -0.15) is 0 Å². The Balaban J connectivity index is 1.67. The molecular weight excluding hydrogens is 404 g/mol. The van der Waals surface area contributed by atoms with Gasteiger partial charge in [0.25, 0.3) is 0 Å². The molecule has 8 nitrogen and oxygen atoms in total. The van der Waals surface area contributed by atoms with Gasteiger partial charge < -0.3 is 5.32 Å². The summed E-state index contributed by atoms with van der Waals surface area (Å²) in [5.41, 5.74) is 0.165. The van der Waals surface area contributed by atoms with Crippen LogP contribution in [0.2, 0.25) is 0 Å². The maximum atomic E-state index is 12.6. The van der Waals surface area contributed by atoms with Crippen LogP contribution in [0.1, 0.15) is 5.56 Å². The molecule has 2 heterocycles. The van der Waals surface area contributed by atoms with Gasteiger partial charge in [0.05, 0.1) is 21.5 Å². The lowest BCUT2D eigenvalue weighted by molar-refractivity contribution is -0.385. The number of pyridine rings is 1. The predicted octanol–water partition coefficient (Wildman–Crippen LogP) is 3.65. The smallest absolute Gasteiger partial charge is 0.334 e. The fraction of sp³-hybridized carbons (Fsp3) is 0.0476. The Morgan fingerprint density at radius 3 is 2.57 bits per heavy atom. The van der Waals surface area contributed by atoms with E-state index in [1.807, 2.05) is 24.3 Å². The topological polar surface area (TPSA) is 107 Å². The lowest BCUT2D eigenvalue weighted by Gasteiger charge is -2.09. The molecule has 0 saturated heterocycles. The predicted molar refractivity (Wildman–Crippen MR) is 114 cm³/mol. The van der Waals surface area contributed by atoms with Crippen LogP contribution in [0, 0.1) is 10.1 Å². The molecule has 4 aromatic rings. The van der Waals surface area contributed by atoms with Crippen LogP contribution in [-0.4, -0.2) is 18.5 Å². The Morgan fingerprint density at radius 2 is 1.80 bits per heavy atom. The highest BCUT2D eigenvalue weighted by Crippen LogP contribution is 2.24. The Hall–Kier alpha value is -3.85. The number of nitrogens with one attached hydrogen (secondary N) is 1. The van der Waals surface area contributed by atoms with Gasteiger partial charge in [-0.3, -0.25) is 23.5 Å². The van der Waals surface area contributed by atoms with Crippen molar-refractivity contribution in [3.63, 3.8) is 0 Å². The molecule has 150 valence electrons. The summed E-state index contributed by atoms with van der Waals surface area (Å²) in [5.74, 6) is 0.146. The molecule has 0 amide bonds. The summed E-state index contributed by atoms with van der Waals surface area (Å²) in [4.78, 5) is 28.3. The summed E-state index contributed by atoms with van der Waals surface area (Å²) in [7, 11) is -1.23. The second-order valence-electron chi connectivity index (χ2n) is 6.43. The number of fused-ring (bicyclic) bond motifs is 1. The minimum Gasteiger partial charge on any atom is -0.334 e. The van der Waals surface area contributed by atoms with E-state index in [4.69, 9.17) is 0 Å². The van der Waals surface area contributed by atoms with E-state index in [1.54, 1.807) is 48.5 Å². The molecule has 0 bridgehead atoms. The third-order valence-corrected chi connectivity index (χ3v) is 5.78. The highest BCUT2D eigenvalue weighted by atomic mass is 32.2. The Kier molecular flexibility index (Phi) is 5.36. The van der Waals surface area contributed by atoms with E-state index in [-0.39, 0.29) is 17.2 Å². The molecule has 2 aromatic heterocycles. The van der Waals surface area contributed by atoms with Crippen LogP contribution in [-0.2, 0) is 16.6 Å². The summed E-state index contributed by atoms with van der Waals surface area (Å²) in [6.45, 7) is 0. The van der Waals surface area contributed by atoms with Crippen LogP contribution in [0.25, 0.3) is 5.65 Å². The summed E-state index contributed by atoms with van der Waals surface area (Å²) in [6.07, 6.45) is 1.43. The van der Waals surface area contributed by atoms with Gasteiger partial charge >= 0.3 is 11.2 Å². The minimum absolute atomic E-state index is 0.141. The number of nitro groups is 1. The van der Waals surface area contributed by atoms with Crippen molar-refractivity contribution in [2.24, 2.45) is 0 Å². The van der Waals surface area contributed by atoms with Crippen molar-refractivity contribution in [1.29, 1.82) is 0 Å². The maximum absolute atomic E-state index is 12.6. The van der Waals surface area contributed by atoms with Crippen molar-refractivity contribution in [1.82, 2.24) is 9.38 Å². The fourth-order valence-corrected chi connectivity index (χ4v) is 4.12. The second kappa shape index (κ2) is 8.26. The van der Waals surface area contributed by atoms with E-state index < -0.39 is 27.0 Å². The van der Waals surface area contributed by atoms with E-state index in [0.717, 1.165) is 14.9 Å². The molecule has 0 fully saturated rings. The highest BCUT2D eigenvalue weighted by Gasteiger charge is 2.23. The van der Waals surface area contributed by atoms with Crippen LogP contribution in [0.15, 0.2) is 88.7 Å². The number of anilines is 2. The van der Waals surface area contributed by atoms with E-state index in [0.29, 0.717) is 5.69 Å². The third-order valence-electron chi connectivity index (χ3n) is 4.39. The van der Waals surface area contributed by atoms with E-state index in [1.165, 1.54) is 6.20 Å². The number of hydrogen-bond donors (Lipinski definition) is 1. The SMILES string of the molecule is O=c1c([N+](=O)[O-])c(Nc2cccc(CS(=O)c3ccccc3)c2)nc2ccccn12. The summed E-state index contributed by atoms with van der Waals surface area (Å²) >= 11 is 0. The van der Waals surface area contributed by atoms with Crippen molar-refractivity contribution in [2.45, 2.75) is 10.6 Å². The first-order valence-corrected chi connectivity index (χ1v) is 10.3. The van der Waals surface area contributed by atoms with Crippen LogP contribution >= 0.6 is 0 Å². The van der Waals surface area contributed by atoms with Gasteiger partial charge in [0.2, 0.25) is 5.82 Å². The first-order valence-electron chi connectivity index (χ1n) is 8.98. The number of rotatable bonds is 6. The second-order valence-corrected chi connectivity index (χ2v) is 7.88. The van der Waals surface area contributed by atoms with Crippen LogP contribution < -0.4 is 10.9 Å². The molecular formula is C21H16N4O4S. The van der Waals surface area contributed by atoms with Gasteiger partial charge in [-0.25, -0.2) is 4.98 Å². The molecule has 0 saturated carbocycles. The molecule has 0 aliphatic carbocycles. The molecule has 1 N–H and O–H groups in total. The summed E-state index contributed by atoms with van der Waals surface area (Å²) in [6, 6.07) is 21.0.